The first kappa shape index (κ1) is 20.1. The molecule has 3 heterocycles. The van der Waals surface area contributed by atoms with E-state index in [0.717, 1.165) is 51.3 Å². The van der Waals surface area contributed by atoms with Crippen LogP contribution in [-0.2, 0) is 19.5 Å². The van der Waals surface area contributed by atoms with Crippen LogP contribution >= 0.6 is 0 Å². The van der Waals surface area contributed by atoms with Crippen LogP contribution in [0.25, 0.3) is 0 Å². The van der Waals surface area contributed by atoms with Gasteiger partial charge < -0.3 is 14.4 Å². The molecule has 0 unspecified atom stereocenters. The molecule has 1 saturated heterocycles. The number of benzene rings is 1. The quantitative estimate of drug-likeness (QED) is 0.781. The Bertz CT molecular complexity index is 858. The molecule has 4 rings (SSSR count). The van der Waals surface area contributed by atoms with Gasteiger partial charge in [0.2, 0.25) is 0 Å². The van der Waals surface area contributed by atoms with Gasteiger partial charge in [-0.2, -0.15) is 0 Å². The predicted molar refractivity (Wildman–Crippen MR) is 115 cm³/mol. The Balaban J connectivity index is 1.55. The molecule has 1 atom stereocenters. The van der Waals surface area contributed by atoms with Gasteiger partial charge in [-0.1, -0.05) is 30.3 Å². The van der Waals surface area contributed by atoms with Gasteiger partial charge in [0.15, 0.2) is 5.82 Å². The van der Waals surface area contributed by atoms with Gasteiger partial charge in [-0.05, 0) is 39.9 Å². The minimum absolute atomic E-state index is 0.0899. The molecule has 1 amide bonds. The Hall–Kier alpha value is -2.18. The van der Waals surface area contributed by atoms with Crippen molar-refractivity contribution in [2.24, 2.45) is 0 Å². The second kappa shape index (κ2) is 8.28. The van der Waals surface area contributed by atoms with Crippen molar-refractivity contribution in [2.75, 3.05) is 33.7 Å². The lowest BCUT2D eigenvalue weighted by molar-refractivity contribution is 0.0764. The number of amides is 1. The number of carbonyl (C=O) groups excluding carboxylic acids is 1. The summed E-state index contributed by atoms with van der Waals surface area (Å²) in [4.78, 5) is 24.9. The molecule has 2 aliphatic rings. The number of likely N-dealkylation sites (N-methyl/N-ethyl adjacent to an activating group) is 1. The lowest BCUT2D eigenvalue weighted by atomic mass is 10.1. The number of likely N-dealkylation sites (tertiary alicyclic amines) is 1. The highest BCUT2D eigenvalue weighted by molar-refractivity contribution is 5.91. The molecule has 2 aliphatic heterocycles. The topological polar surface area (TPSA) is 44.6 Å². The van der Waals surface area contributed by atoms with Crippen molar-refractivity contribution in [1.82, 2.24) is 24.3 Å². The molecule has 0 radical (unpaired) electrons. The SMILES string of the molecule is CC(C)n1c(C(=O)N2CC[C@@H](N(C)C)C2)nc2c1CCN(Cc1ccccc1)C2. The van der Waals surface area contributed by atoms with E-state index in [9.17, 15) is 4.79 Å². The first-order valence-corrected chi connectivity index (χ1v) is 10.8. The monoisotopic (exact) mass is 395 g/mol. The van der Waals surface area contributed by atoms with Gasteiger partial charge >= 0.3 is 0 Å². The molecule has 0 bridgehead atoms. The average molecular weight is 396 g/mol. The largest absolute Gasteiger partial charge is 0.334 e. The van der Waals surface area contributed by atoms with Crippen molar-refractivity contribution in [3.63, 3.8) is 0 Å². The van der Waals surface area contributed by atoms with Gasteiger partial charge in [0.05, 0.1) is 5.69 Å². The number of aromatic nitrogens is 2. The lowest BCUT2D eigenvalue weighted by Gasteiger charge is -2.27. The summed E-state index contributed by atoms with van der Waals surface area (Å²) in [5.41, 5.74) is 3.64. The van der Waals surface area contributed by atoms with Gasteiger partial charge in [0, 0.05) is 56.9 Å². The summed E-state index contributed by atoms with van der Waals surface area (Å²) in [6.45, 7) is 8.65. The maximum absolute atomic E-state index is 13.3. The Kier molecular flexibility index (Phi) is 5.74. The van der Waals surface area contributed by atoms with E-state index in [1.54, 1.807) is 0 Å². The Morgan fingerprint density at radius 1 is 1.21 bits per heavy atom. The highest BCUT2D eigenvalue weighted by atomic mass is 16.2. The van der Waals surface area contributed by atoms with Crippen molar-refractivity contribution in [3.05, 3.63) is 53.1 Å². The summed E-state index contributed by atoms with van der Waals surface area (Å²) in [7, 11) is 4.18. The molecule has 29 heavy (non-hydrogen) atoms. The van der Waals surface area contributed by atoms with Crippen molar-refractivity contribution in [2.45, 2.75) is 51.9 Å². The van der Waals surface area contributed by atoms with Crippen LogP contribution in [0.3, 0.4) is 0 Å². The summed E-state index contributed by atoms with van der Waals surface area (Å²) < 4.78 is 2.19. The van der Waals surface area contributed by atoms with Crippen LogP contribution < -0.4 is 0 Å². The second-order valence-electron chi connectivity index (χ2n) is 8.90. The van der Waals surface area contributed by atoms with Gasteiger partial charge in [-0.3, -0.25) is 9.69 Å². The van der Waals surface area contributed by atoms with Crippen LogP contribution in [-0.4, -0.2) is 69.9 Å². The van der Waals surface area contributed by atoms with Crippen LogP contribution in [0.1, 0.15) is 53.9 Å². The number of carbonyl (C=O) groups is 1. The fraction of sp³-hybridized carbons (Fsp3) is 0.565. The van der Waals surface area contributed by atoms with Crippen molar-refractivity contribution >= 4 is 5.91 Å². The third-order valence-corrected chi connectivity index (χ3v) is 6.27. The molecular weight excluding hydrogens is 362 g/mol. The van der Waals surface area contributed by atoms with Crippen LogP contribution in [0.15, 0.2) is 30.3 Å². The van der Waals surface area contributed by atoms with Crippen LogP contribution in [0.2, 0.25) is 0 Å². The van der Waals surface area contributed by atoms with Gasteiger partial charge in [0.25, 0.3) is 5.91 Å². The number of nitrogens with zero attached hydrogens (tertiary/aromatic N) is 5. The third-order valence-electron chi connectivity index (χ3n) is 6.27. The Morgan fingerprint density at radius 2 is 1.97 bits per heavy atom. The highest BCUT2D eigenvalue weighted by Gasteiger charge is 2.33. The first-order chi connectivity index (χ1) is 13.9. The van der Waals surface area contributed by atoms with Crippen molar-refractivity contribution in [3.8, 4) is 0 Å². The number of fused-ring (bicyclic) bond motifs is 1. The zero-order valence-corrected chi connectivity index (χ0v) is 18.1. The maximum Gasteiger partial charge on any atom is 0.289 e. The van der Waals surface area contributed by atoms with E-state index in [1.165, 1.54) is 11.3 Å². The van der Waals surface area contributed by atoms with Crippen molar-refractivity contribution < 1.29 is 4.79 Å². The van der Waals surface area contributed by atoms with Gasteiger partial charge in [-0.15, -0.1) is 0 Å². The summed E-state index contributed by atoms with van der Waals surface area (Å²) in [5.74, 6) is 0.720. The molecular formula is C23H33N5O. The summed E-state index contributed by atoms with van der Waals surface area (Å²) in [6, 6.07) is 11.3. The van der Waals surface area contributed by atoms with E-state index >= 15 is 0 Å². The van der Waals surface area contributed by atoms with Crippen LogP contribution in [0.4, 0.5) is 0 Å². The standard InChI is InChI=1S/C23H33N5O/c1-17(2)28-21-11-12-26(14-18-8-6-5-7-9-18)16-20(21)24-22(28)23(29)27-13-10-19(15-27)25(3)4/h5-9,17,19H,10-16H2,1-4H3/t19-/m1/s1. The Morgan fingerprint density at radius 3 is 2.62 bits per heavy atom. The van der Waals surface area contributed by atoms with E-state index in [-0.39, 0.29) is 11.9 Å². The van der Waals surface area contributed by atoms with E-state index in [4.69, 9.17) is 4.98 Å². The zero-order chi connectivity index (χ0) is 20.5. The number of hydrogen-bond donors (Lipinski definition) is 0. The van der Waals surface area contributed by atoms with E-state index < -0.39 is 0 Å². The first-order valence-electron chi connectivity index (χ1n) is 10.8. The molecule has 1 aromatic carbocycles. The maximum atomic E-state index is 13.3. The van der Waals surface area contributed by atoms with E-state index in [0.29, 0.717) is 11.9 Å². The molecule has 0 aliphatic carbocycles. The molecule has 156 valence electrons. The highest BCUT2D eigenvalue weighted by Crippen LogP contribution is 2.27. The van der Waals surface area contributed by atoms with Gasteiger partial charge in [-0.25, -0.2) is 4.98 Å². The molecule has 1 fully saturated rings. The Labute approximate surface area is 174 Å². The second-order valence-corrected chi connectivity index (χ2v) is 8.90. The van der Waals surface area contributed by atoms with E-state index in [1.807, 2.05) is 4.90 Å². The molecule has 0 spiro atoms. The summed E-state index contributed by atoms with van der Waals surface area (Å²) in [5, 5.41) is 0. The number of hydrogen-bond acceptors (Lipinski definition) is 4. The third kappa shape index (κ3) is 4.09. The molecule has 6 nitrogen and oxygen atoms in total. The zero-order valence-electron chi connectivity index (χ0n) is 18.1. The summed E-state index contributed by atoms with van der Waals surface area (Å²) >= 11 is 0. The minimum Gasteiger partial charge on any atom is -0.334 e. The predicted octanol–water partition coefficient (Wildman–Crippen LogP) is 2.80. The normalized spacial score (nSPS) is 19.9. The average Bonchev–Trinajstić information content (AvgIpc) is 3.33. The fourth-order valence-electron chi connectivity index (χ4n) is 4.63. The smallest absolute Gasteiger partial charge is 0.289 e. The molecule has 2 aromatic rings. The fourth-order valence-corrected chi connectivity index (χ4v) is 4.63. The lowest BCUT2D eigenvalue weighted by Crippen LogP contribution is -2.36. The molecule has 1 aromatic heterocycles. The summed E-state index contributed by atoms with van der Waals surface area (Å²) in [6.07, 6.45) is 1.98. The van der Waals surface area contributed by atoms with Crippen LogP contribution in [0.5, 0.6) is 0 Å². The van der Waals surface area contributed by atoms with Crippen LogP contribution in [0, 0.1) is 0 Å². The minimum atomic E-state index is 0.0899. The number of imidazole rings is 1. The molecule has 0 N–H and O–H groups in total. The van der Waals surface area contributed by atoms with Crippen molar-refractivity contribution in [1.29, 1.82) is 0 Å². The molecule has 6 heteroatoms. The number of rotatable bonds is 5. The van der Waals surface area contributed by atoms with E-state index in [2.05, 4.69) is 72.6 Å². The molecule has 0 saturated carbocycles. The van der Waals surface area contributed by atoms with Gasteiger partial charge in [0.1, 0.15) is 0 Å².